The maximum atomic E-state index is 12.4. The number of aryl methyl sites for hydroxylation is 3. The third-order valence-electron chi connectivity index (χ3n) is 4.35. The molecule has 148 valence electrons. The smallest absolute Gasteiger partial charge is 0.240 e. The summed E-state index contributed by atoms with van der Waals surface area (Å²) in [5.41, 5.74) is 2.85. The fourth-order valence-electron chi connectivity index (χ4n) is 2.74. The Morgan fingerprint density at radius 3 is 2.50 bits per heavy atom. The quantitative estimate of drug-likeness (QED) is 0.590. The number of hydrogen-bond donors (Lipinski definition) is 2. The van der Waals surface area contributed by atoms with E-state index in [9.17, 15) is 8.42 Å². The summed E-state index contributed by atoms with van der Waals surface area (Å²) < 4.78 is 29.2. The van der Waals surface area contributed by atoms with Crippen LogP contribution in [0, 0.1) is 27.7 Å². The summed E-state index contributed by atoms with van der Waals surface area (Å²) in [5.74, 6) is 1.96. The molecule has 0 bridgehead atoms. The highest BCUT2D eigenvalue weighted by atomic mass is 32.2. The molecule has 0 aliphatic rings. The van der Waals surface area contributed by atoms with Gasteiger partial charge in [-0.25, -0.2) is 28.1 Å². The molecule has 2 heterocycles. The van der Waals surface area contributed by atoms with E-state index in [1.807, 2.05) is 44.4 Å². The second kappa shape index (κ2) is 8.07. The number of benzene rings is 1. The molecule has 0 saturated carbocycles. The van der Waals surface area contributed by atoms with Gasteiger partial charge in [-0.15, -0.1) is 0 Å². The molecule has 3 rings (SSSR count). The molecule has 0 aliphatic carbocycles. The van der Waals surface area contributed by atoms with Crippen LogP contribution in [0.1, 0.15) is 22.8 Å². The van der Waals surface area contributed by atoms with Crippen molar-refractivity contribution in [1.29, 1.82) is 0 Å². The minimum absolute atomic E-state index is 0.234. The number of hydrogen-bond acceptors (Lipinski definition) is 6. The molecule has 0 atom stereocenters. The van der Waals surface area contributed by atoms with E-state index in [0.29, 0.717) is 24.0 Å². The first-order valence-corrected chi connectivity index (χ1v) is 10.4. The predicted molar refractivity (Wildman–Crippen MR) is 108 cm³/mol. The Labute approximate surface area is 165 Å². The Balaban J connectivity index is 1.64. The van der Waals surface area contributed by atoms with Crippen LogP contribution in [0.2, 0.25) is 0 Å². The van der Waals surface area contributed by atoms with E-state index in [-0.39, 0.29) is 11.4 Å². The Bertz CT molecular complexity index is 1090. The number of aromatic nitrogens is 4. The second-order valence-electron chi connectivity index (χ2n) is 6.59. The normalized spacial score (nSPS) is 11.6. The molecule has 9 heteroatoms. The number of anilines is 1. The number of imidazole rings is 1. The first-order chi connectivity index (χ1) is 13.3. The third kappa shape index (κ3) is 4.55. The van der Waals surface area contributed by atoms with Crippen LogP contribution < -0.4 is 10.0 Å². The van der Waals surface area contributed by atoms with Crippen LogP contribution in [0.5, 0.6) is 0 Å². The summed E-state index contributed by atoms with van der Waals surface area (Å²) in [4.78, 5) is 13.4. The summed E-state index contributed by atoms with van der Waals surface area (Å²) in [5, 5.41) is 3.15. The minimum Gasteiger partial charge on any atom is -0.369 e. The molecule has 0 aliphatic heterocycles. The van der Waals surface area contributed by atoms with Gasteiger partial charge in [-0.2, -0.15) is 0 Å². The number of nitrogens with one attached hydrogen (secondary N) is 2. The maximum absolute atomic E-state index is 12.4. The molecule has 2 N–H and O–H groups in total. The molecule has 0 radical (unpaired) electrons. The SMILES string of the molecule is Cc1cccc(S(=O)(=O)NCCNc2cc(-n3cnc(C)c3C)nc(C)n2)c1. The van der Waals surface area contributed by atoms with E-state index >= 15 is 0 Å². The van der Waals surface area contributed by atoms with Crippen molar-refractivity contribution in [2.45, 2.75) is 32.6 Å². The molecule has 28 heavy (non-hydrogen) atoms. The molecule has 8 nitrogen and oxygen atoms in total. The van der Waals surface area contributed by atoms with Crippen molar-refractivity contribution < 1.29 is 8.42 Å². The molecule has 0 amide bonds. The zero-order chi connectivity index (χ0) is 20.3. The first-order valence-electron chi connectivity index (χ1n) is 8.93. The van der Waals surface area contributed by atoms with Crippen molar-refractivity contribution in [1.82, 2.24) is 24.2 Å². The monoisotopic (exact) mass is 400 g/mol. The Kier molecular flexibility index (Phi) is 5.76. The first kappa shape index (κ1) is 20.0. The second-order valence-corrected chi connectivity index (χ2v) is 8.35. The molecule has 0 saturated heterocycles. The van der Waals surface area contributed by atoms with Crippen molar-refractivity contribution in [3.8, 4) is 5.82 Å². The van der Waals surface area contributed by atoms with Gasteiger partial charge in [0.15, 0.2) is 0 Å². The van der Waals surface area contributed by atoms with Crippen molar-refractivity contribution >= 4 is 15.8 Å². The lowest BCUT2D eigenvalue weighted by Gasteiger charge is -2.11. The van der Waals surface area contributed by atoms with Gasteiger partial charge in [-0.3, -0.25) is 4.57 Å². The summed E-state index contributed by atoms with van der Waals surface area (Å²) in [7, 11) is -3.53. The van der Waals surface area contributed by atoms with E-state index in [1.165, 1.54) is 0 Å². The van der Waals surface area contributed by atoms with Crippen molar-refractivity contribution in [3.05, 3.63) is 59.4 Å². The summed E-state index contributed by atoms with van der Waals surface area (Å²) in [6, 6.07) is 8.63. The van der Waals surface area contributed by atoms with E-state index < -0.39 is 10.0 Å². The largest absolute Gasteiger partial charge is 0.369 e. The van der Waals surface area contributed by atoms with Gasteiger partial charge in [0.2, 0.25) is 10.0 Å². The average Bonchev–Trinajstić information content (AvgIpc) is 2.97. The van der Waals surface area contributed by atoms with Crippen molar-refractivity contribution in [2.24, 2.45) is 0 Å². The van der Waals surface area contributed by atoms with Crippen LogP contribution in [0.3, 0.4) is 0 Å². The fraction of sp³-hybridized carbons (Fsp3) is 0.316. The molecule has 1 aromatic carbocycles. The fourth-order valence-corrected chi connectivity index (χ4v) is 3.87. The van der Waals surface area contributed by atoms with Crippen LogP contribution in [-0.2, 0) is 10.0 Å². The van der Waals surface area contributed by atoms with E-state index in [4.69, 9.17) is 0 Å². The molecule has 0 unspecified atom stereocenters. The lowest BCUT2D eigenvalue weighted by atomic mass is 10.2. The predicted octanol–water partition coefficient (Wildman–Crippen LogP) is 2.29. The van der Waals surface area contributed by atoms with Crippen LogP contribution in [-0.4, -0.2) is 41.0 Å². The standard InChI is InChI=1S/C19H24N6O2S/c1-13-6-5-7-17(10-13)28(26,27)22-9-8-20-18-11-19(24-16(4)23-18)25-12-21-14(2)15(25)3/h5-7,10-12,22H,8-9H2,1-4H3,(H,20,23,24). The molecular formula is C19H24N6O2S. The van der Waals surface area contributed by atoms with Gasteiger partial charge in [0.05, 0.1) is 10.6 Å². The third-order valence-corrected chi connectivity index (χ3v) is 5.80. The number of sulfonamides is 1. The summed E-state index contributed by atoms with van der Waals surface area (Å²) >= 11 is 0. The molecule has 3 aromatic rings. The van der Waals surface area contributed by atoms with Crippen LogP contribution in [0.4, 0.5) is 5.82 Å². The number of nitrogens with zero attached hydrogens (tertiary/aromatic N) is 4. The molecular weight excluding hydrogens is 376 g/mol. The van der Waals surface area contributed by atoms with Gasteiger partial charge in [0.1, 0.15) is 23.8 Å². The molecule has 0 spiro atoms. The highest BCUT2D eigenvalue weighted by molar-refractivity contribution is 7.89. The number of rotatable bonds is 7. The molecule has 0 fully saturated rings. The minimum atomic E-state index is -3.53. The van der Waals surface area contributed by atoms with E-state index in [2.05, 4.69) is 25.0 Å². The van der Waals surface area contributed by atoms with Gasteiger partial charge in [-0.1, -0.05) is 12.1 Å². The zero-order valence-corrected chi connectivity index (χ0v) is 17.2. The van der Waals surface area contributed by atoms with Gasteiger partial charge in [-0.05, 0) is 45.4 Å². The van der Waals surface area contributed by atoms with Gasteiger partial charge < -0.3 is 5.32 Å². The van der Waals surface area contributed by atoms with Crippen LogP contribution in [0.25, 0.3) is 5.82 Å². The van der Waals surface area contributed by atoms with Gasteiger partial charge >= 0.3 is 0 Å². The lowest BCUT2D eigenvalue weighted by molar-refractivity contribution is 0.582. The zero-order valence-electron chi connectivity index (χ0n) is 16.4. The Morgan fingerprint density at radius 2 is 1.82 bits per heavy atom. The summed E-state index contributed by atoms with van der Waals surface area (Å²) in [6.07, 6.45) is 1.73. The Morgan fingerprint density at radius 1 is 1.04 bits per heavy atom. The van der Waals surface area contributed by atoms with Crippen molar-refractivity contribution in [2.75, 3.05) is 18.4 Å². The van der Waals surface area contributed by atoms with Crippen LogP contribution >= 0.6 is 0 Å². The van der Waals surface area contributed by atoms with Gasteiger partial charge in [0.25, 0.3) is 0 Å². The topological polar surface area (TPSA) is 102 Å². The van der Waals surface area contributed by atoms with E-state index in [1.54, 1.807) is 24.5 Å². The highest BCUT2D eigenvalue weighted by Crippen LogP contribution is 2.15. The molecule has 2 aromatic heterocycles. The maximum Gasteiger partial charge on any atom is 0.240 e. The lowest BCUT2D eigenvalue weighted by Crippen LogP contribution is -2.29. The Hall–Kier alpha value is -2.78. The van der Waals surface area contributed by atoms with E-state index in [0.717, 1.165) is 17.0 Å². The van der Waals surface area contributed by atoms with Gasteiger partial charge in [0, 0.05) is 24.8 Å². The van der Waals surface area contributed by atoms with Crippen LogP contribution in [0.15, 0.2) is 41.6 Å². The highest BCUT2D eigenvalue weighted by Gasteiger charge is 2.13. The summed E-state index contributed by atoms with van der Waals surface area (Å²) in [6.45, 7) is 8.22. The van der Waals surface area contributed by atoms with Crippen molar-refractivity contribution in [3.63, 3.8) is 0 Å². The average molecular weight is 401 g/mol.